The second kappa shape index (κ2) is 12.3. The van der Waals surface area contributed by atoms with Crippen LogP contribution in [0.5, 0.6) is 11.5 Å². The van der Waals surface area contributed by atoms with E-state index in [4.69, 9.17) is 20.9 Å². The van der Waals surface area contributed by atoms with Crippen LogP contribution in [0.4, 0.5) is 0 Å². The van der Waals surface area contributed by atoms with Gasteiger partial charge >= 0.3 is 0 Å². The van der Waals surface area contributed by atoms with Crippen LogP contribution in [0.1, 0.15) is 29.5 Å². The zero-order valence-electron chi connectivity index (χ0n) is 15.8. The van der Waals surface area contributed by atoms with E-state index in [0.717, 1.165) is 50.3 Å². The van der Waals surface area contributed by atoms with Crippen LogP contribution in [-0.4, -0.2) is 27.3 Å². The molecule has 0 saturated heterocycles. The number of rotatable bonds is 8. The minimum absolute atomic E-state index is 0.755. The third-order valence-corrected chi connectivity index (χ3v) is 3.96. The molecule has 4 heteroatoms. The van der Waals surface area contributed by atoms with Gasteiger partial charge in [0.05, 0.1) is 14.2 Å². The van der Waals surface area contributed by atoms with Crippen molar-refractivity contribution in [2.45, 2.75) is 32.6 Å². The molecule has 25 heavy (non-hydrogen) atoms. The minimum atomic E-state index is 0.755. The fourth-order valence-corrected chi connectivity index (χ4v) is 2.50. The molecule has 0 saturated carbocycles. The lowest BCUT2D eigenvalue weighted by molar-refractivity contribution is 0.411. The van der Waals surface area contributed by atoms with Crippen LogP contribution >= 0.6 is 0 Å². The van der Waals surface area contributed by atoms with Crippen molar-refractivity contribution in [2.75, 3.05) is 27.3 Å². The fraction of sp³-hybridized carbons (Fsp3) is 0.429. The lowest BCUT2D eigenvalue weighted by atomic mass is 10.1. The van der Waals surface area contributed by atoms with Crippen molar-refractivity contribution in [3.63, 3.8) is 0 Å². The molecule has 0 unspecified atom stereocenters. The van der Waals surface area contributed by atoms with Crippen LogP contribution in [0.15, 0.2) is 42.5 Å². The predicted molar refractivity (Wildman–Crippen MR) is 105 cm³/mol. The molecule has 2 rings (SSSR count). The van der Waals surface area contributed by atoms with Gasteiger partial charge in [-0.1, -0.05) is 24.3 Å². The van der Waals surface area contributed by atoms with Gasteiger partial charge in [0.2, 0.25) is 0 Å². The molecule has 0 aliphatic carbocycles. The molecule has 138 valence electrons. The van der Waals surface area contributed by atoms with Crippen LogP contribution in [-0.2, 0) is 12.8 Å². The first-order chi connectivity index (χ1) is 12.1. The molecule has 0 amide bonds. The topological polar surface area (TPSA) is 70.5 Å². The zero-order chi connectivity index (χ0) is 18.5. The van der Waals surface area contributed by atoms with E-state index < -0.39 is 0 Å². The highest BCUT2D eigenvalue weighted by Gasteiger charge is 1.99. The van der Waals surface area contributed by atoms with Crippen LogP contribution in [0, 0.1) is 6.92 Å². The Balaban J connectivity index is 0.000000251. The number of benzene rings is 2. The van der Waals surface area contributed by atoms with E-state index in [1.807, 2.05) is 18.2 Å². The fourth-order valence-electron chi connectivity index (χ4n) is 2.50. The SMILES string of the molecule is COc1ccc(CCCN)cc1.COc1ccc(CCCN)cc1C. The van der Waals surface area contributed by atoms with E-state index in [1.54, 1.807) is 14.2 Å². The maximum absolute atomic E-state index is 5.45. The molecule has 4 nitrogen and oxygen atoms in total. The molecule has 0 bridgehead atoms. The first kappa shape index (κ1) is 21.0. The molecule has 4 N–H and O–H groups in total. The lowest BCUT2D eigenvalue weighted by Crippen LogP contribution is -2.00. The predicted octanol–water partition coefficient (Wildman–Crippen LogP) is 3.48. The van der Waals surface area contributed by atoms with Crippen molar-refractivity contribution in [1.82, 2.24) is 0 Å². The van der Waals surface area contributed by atoms with Gasteiger partial charge < -0.3 is 20.9 Å². The number of nitrogens with two attached hydrogens (primary N) is 2. The van der Waals surface area contributed by atoms with Crippen molar-refractivity contribution >= 4 is 0 Å². The van der Waals surface area contributed by atoms with Gasteiger partial charge in [-0.2, -0.15) is 0 Å². The Hall–Kier alpha value is -2.04. The zero-order valence-corrected chi connectivity index (χ0v) is 15.8. The van der Waals surface area contributed by atoms with Gasteiger partial charge in [0, 0.05) is 0 Å². The second-order valence-corrected chi connectivity index (χ2v) is 5.94. The van der Waals surface area contributed by atoms with E-state index in [2.05, 4.69) is 31.2 Å². The Labute approximate surface area is 152 Å². The molecule has 0 atom stereocenters. The van der Waals surface area contributed by atoms with E-state index in [9.17, 15) is 0 Å². The molecule has 0 heterocycles. The highest BCUT2D eigenvalue weighted by atomic mass is 16.5. The molecule has 0 aliphatic heterocycles. The van der Waals surface area contributed by atoms with Crippen LogP contribution in [0.2, 0.25) is 0 Å². The largest absolute Gasteiger partial charge is 0.497 e. The number of methoxy groups -OCH3 is 2. The van der Waals surface area contributed by atoms with Gasteiger partial charge in [0.25, 0.3) is 0 Å². The monoisotopic (exact) mass is 344 g/mol. The normalized spacial score (nSPS) is 9.96. The average molecular weight is 344 g/mol. The summed E-state index contributed by atoms with van der Waals surface area (Å²) in [5.74, 6) is 1.86. The maximum Gasteiger partial charge on any atom is 0.121 e. The van der Waals surface area contributed by atoms with E-state index >= 15 is 0 Å². The third kappa shape index (κ3) is 8.05. The summed E-state index contributed by atoms with van der Waals surface area (Å²) < 4.78 is 10.2. The summed E-state index contributed by atoms with van der Waals surface area (Å²) in [6.07, 6.45) is 4.21. The summed E-state index contributed by atoms with van der Waals surface area (Å²) in [5, 5.41) is 0. The van der Waals surface area contributed by atoms with E-state index in [1.165, 1.54) is 16.7 Å². The first-order valence-corrected chi connectivity index (χ1v) is 8.81. The average Bonchev–Trinajstić information content (AvgIpc) is 2.65. The van der Waals surface area contributed by atoms with Crippen molar-refractivity contribution in [3.8, 4) is 11.5 Å². The molecule has 0 spiro atoms. The number of hydrogen-bond acceptors (Lipinski definition) is 4. The Morgan fingerprint density at radius 1 is 0.760 bits per heavy atom. The van der Waals surface area contributed by atoms with Gasteiger partial charge in [-0.3, -0.25) is 0 Å². The summed E-state index contributed by atoms with van der Waals surface area (Å²) in [5.41, 5.74) is 14.7. The minimum Gasteiger partial charge on any atom is -0.497 e. The van der Waals surface area contributed by atoms with Crippen LogP contribution in [0.25, 0.3) is 0 Å². The summed E-state index contributed by atoms with van der Waals surface area (Å²) in [4.78, 5) is 0. The smallest absolute Gasteiger partial charge is 0.121 e. The Morgan fingerprint density at radius 2 is 1.32 bits per heavy atom. The van der Waals surface area contributed by atoms with Crippen molar-refractivity contribution < 1.29 is 9.47 Å². The standard InChI is InChI=1S/C11H17NO.C10H15NO/c1-9-8-10(4-3-7-12)5-6-11(9)13-2;1-12-10-6-4-9(5-7-10)3-2-8-11/h5-6,8H,3-4,7,12H2,1-2H3;4-7H,2-3,8,11H2,1H3. The van der Waals surface area contributed by atoms with E-state index in [0.29, 0.717) is 0 Å². The van der Waals surface area contributed by atoms with Crippen LogP contribution < -0.4 is 20.9 Å². The van der Waals surface area contributed by atoms with Gasteiger partial charge in [0.15, 0.2) is 0 Å². The van der Waals surface area contributed by atoms with Gasteiger partial charge in [-0.05, 0) is 80.6 Å². The van der Waals surface area contributed by atoms with Crippen molar-refractivity contribution in [2.24, 2.45) is 11.5 Å². The summed E-state index contributed by atoms with van der Waals surface area (Å²) in [6, 6.07) is 14.4. The summed E-state index contributed by atoms with van der Waals surface area (Å²) in [7, 11) is 3.37. The molecule has 0 aromatic heterocycles. The molecule has 0 fully saturated rings. The molecule has 0 radical (unpaired) electrons. The van der Waals surface area contributed by atoms with E-state index in [-0.39, 0.29) is 0 Å². The molecule has 2 aromatic rings. The number of aryl methyl sites for hydroxylation is 3. The summed E-state index contributed by atoms with van der Waals surface area (Å²) in [6.45, 7) is 3.57. The Kier molecular flexibility index (Phi) is 10.4. The van der Waals surface area contributed by atoms with Crippen molar-refractivity contribution in [1.29, 1.82) is 0 Å². The summed E-state index contributed by atoms with van der Waals surface area (Å²) >= 11 is 0. The highest BCUT2D eigenvalue weighted by Crippen LogP contribution is 2.19. The molecule has 0 aliphatic rings. The highest BCUT2D eigenvalue weighted by molar-refractivity contribution is 5.36. The quantitative estimate of drug-likeness (QED) is 0.769. The van der Waals surface area contributed by atoms with Gasteiger partial charge in [-0.15, -0.1) is 0 Å². The maximum atomic E-state index is 5.45. The lowest BCUT2D eigenvalue weighted by Gasteiger charge is -2.06. The van der Waals surface area contributed by atoms with Gasteiger partial charge in [-0.25, -0.2) is 0 Å². The molecular formula is C21H32N2O2. The molecular weight excluding hydrogens is 312 g/mol. The molecule has 2 aromatic carbocycles. The first-order valence-electron chi connectivity index (χ1n) is 8.81. The Morgan fingerprint density at radius 3 is 1.80 bits per heavy atom. The number of hydrogen-bond donors (Lipinski definition) is 2. The van der Waals surface area contributed by atoms with Crippen LogP contribution in [0.3, 0.4) is 0 Å². The number of ether oxygens (including phenoxy) is 2. The second-order valence-electron chi connectivity index (χ2n) is 5.94. The van der Waals surface area contributed by atoms with Crippen molar-refractivity contribution in [3.05, 3.63) is 59.2 Å². The van der Waals surface area contributed by atoms with Gasteiger partial charge in [0.1, 0.15) is 11.5 Å². The third-order valence-electron chi connectivity index (χ3n) is 3.96. The Bertz CT molecular complexity index is 597.